The fourth-order valence-electron chi connectivity index (χ4n) is 1.29. The van der Waals surface area contributed by atoms with Gasteiger partial charge in [0, 0.05) is 23.8 Å². The van der Waals surface area contributed by atoms with Gasteiger partial charge in [0.1, 0.15) is 5.82 Å². The van der Waals surface area contributed by atoms with E-state index < -0.39 is 0 Å². The molecular formula is C10H11N3. The Morgan fingerprint density at radius 3 is 2.46 bits per heavy atom. The van der Waals surface area contributed by atoms with Crippen LogP contribution in [0.3, 0.4) is 0 Å². The fourth-order valence-corrected chi connectivity index (χ4v) is 1.29. The zero-order valence-electron chi connectivity index (χ0n) is 7.44. The Balaban J connectivity index is 2.47. The van der Waals surface area contributed by atoms with E-state index in [1.807, 2.05) is 42.0 Å². The van der Waals surface area contributed by atoms with Crippen molar-refractivity contribution in [3.8, 4) is 5.69 Å². The summed E-state index contributed by atoms with van der Waals surface area (Å²) >= 11 is 0. The van der Waals surface area contributed by atoms with Crippen molar-refractivity contribution >= 4 is 5.69 Å². The molecule has 2 rings (SSSR count). The second kappa shape index (κ2) is 2.94. The number of hydrogen-bond donors (Lipinski definition) is 1. The fraction of sp³-hybridized carbons (Fsp3) is 0.100. The Labute approximate surface area is 76.8 Å². The Morgan fingerprint density at radius 2 is 1.92 bits per heavy atom. The molecule has 0 bridgehead atoms. The predicted octanol–water partition coefficient (Wildman–Crippen LogP) is 1.76. The summed E-state index contributed by atoms with van der Waals surface area (Å²) in [5.41, 5.74) is 7.46. The van der Waals surface area contributed by atoms with Crippen LogP contribution < -0.4 is 5.73 Å². The van der Waals surface area contributed by atoms with Crippen LogP contribution in [-0.4, -0.2) is 9.55 Å². The lowest BCUT2D eigenvalue weighted by Crippen LogP contribution is -1.95. The Kier molecular flexibility index (Phi) is 1.77. The van der Waals surface area contributed by atoms with Gasteiger partial charge in [-0.3, -0.25) is 0 Å². The summed E-state index contributed by atoms with van der Waals surface area (Å²) in [5, 5.41) is 0. The SMILES string of the molecule is Cc1nccn1-c1ccc(N)cc1. The van der Waals surface area contributed by atoms with Crippen molar-refractivity contribution in [3.05, 3.63) is 42.5 Å². The monoisotopic (exact) mass is 173 g/mol. The standard InChI is InChI=1S/C10H11N3/c1-8-12-6-7-13(8)10-4-2-9(11)3-5-10/h2-7H,11H2,1H3. The molecule has 0 spiro atoms. The maximum atomic E-state index is 5.59. The zero-order valence-corrected chi connectivity index (χ0v) is 7.44. The molecule has 0 amide bonds. The van der Waals surface area contributed by atoms with E-state index in [-0.39, 0.29) is 0 Å². The summed E-state index contributed by atoms with van der Waals surface area (Å²) < 4.78 is 2.01. The van der Waals surface area contributed by atoms with E-state index in [2.05, 4.69) is 4.98 Å². The molecule has 2 N–H and O–H groups in total. The average molecular weight is 173 g/mol. The summed E-state index contributed by atoms with van der Waals surface area (Å²) in [6, 6.07) is 7.72. The Bertz CT molecular complexity index is 400. The smallest absolute Gasteiger partial charge is 0.110 e. The number of hydrogen-bond acceptors (Lipinski definition) is 2. The van der Waals surface area contributed by atoms with Gasteiger partial charge in [0.2, 0.25) is 0 Å². The molecule has 3 heteroatoms. The Morgan fingerprint density at radius 1 is 1.23 bits per heavy atom. The van der Waals surface area contributed by atoms with Crippen molar-refractivity contribution in [2.45, 2.75) is 6.92 Å². The number of anilines is 1. The van der Waals surface area contributed by atoms with Gasteiger partial charge >= 0.3 is 0 Å². The third kappa shape index (κ3) is 1.40. The molecule has 3 nitrogen and oxygen atoms in total. The van der Waals surface area contributed by atoms with E-state index in [4.69, 9.17) is 5.73 Å². The number of nitrogens with zero attached hydrogens (tertiary/aromatic N) is 2. The molecule has 0 fully saturated rings. The Hall–Kier alpha value is -1.77. The van der Waals surface area contributed by atoms with Crippen molar-refractivity contribution in [2.24, 2.45) is 0 Å². The molecule has 1 aromatic carbocycles. The van der Waals surface area contributed by atoms with Crippen molar-refractivity contribution in [2.75, 3.05) is 5.73 Å². The first-order valence-electron chi connectivity index (χ1n) is 4.13. The highest BCUT2D eigenvalue weighted by atomic mass is 15.1. The van der Waals surface area contributed by atoms with Crippen LogP contribution in [0.2, 0.25) is 0 Å². The van der Waals surface area contributed by atoms with Crippen molar-refractivity contribution in [3.63, 3.8) is 0 Å². The molecule has 0 aliphatic carbocycles. The van der Waals surface area contributed by atoms with Gasteiger partial charge in [-0.05, 0) is 31.2 Å². The summed E-state index contributed by atoms with van der Waals surface area (Å²) in [6.07, 6.45) is 3.71. The van der Waals surface area contributed by atoms with Gasteiger partial charge in [-0.1, -0.05) is 0 Å². The normalized spacial score (nSPS) is 10.2. The number of aryl methyl sites for hydroxylation is 1. The maximum absolute atomic E-state index is 5.59. The minimum absolute atomic E-state index is 0.779. The van der Waals surface area contributed by atoms with Gasteiger partial charge in [0.25, 0.3) is 0 Å². The number of rotatable bonds is 1. The summed E-state index contributed by atoms with van der Waals surface area (Å²) in [6.45, 7) is 1.97. The van der Waals surface area contributed by atoms with Gasteiger partial charge in [-0.25, -0.2) is 4.98 Å². The largest absolute Gasteiger partial charge is 0.399 e. The molecule has 0 atom stereocenters. The number of imidazole rings is 1. The first-order valence-corrected chi connectivity index (χ1v) is 4.13. The van der Waals surface area contributed by atoms with Crippen LogP contribution >= 0.6 is 0 Å². The molecule has 1 heterocycles. The van der Waals surface area contributed by atoms with Crippen LogP contribution in [0.25, 0.3) is 5.69 Å². The van der Waals surface area contributed by atoms with E-state index in [0.29, 0.717) is 0 Å². The maximum Gasteiger partial charge on any atom is 0.110 e. The van der Waals surface area contributed by atoms with Crippen LogP contribution in [-0.2, 0) is 0 Å². The third-order valence-corrected chi connectivity index (χ3v) is 2.00. The molecule has 2 aromatic rings. The van der Waals surface area contributed by atoms with Gasteiger partial charge < -0.3 is 10.3 Å². The number of nitrogen functional groups attached to an aromatic ring is 1. The van der Waals surface area contributed by atoms with Crippen LogP contribution in [0, 0.1) is 6.92 Å². The van der Waals surface area contributed by atoms with E-state index in [9.17, 15) is 0 Å². The van der Waals surface area contributed by atoms with Crippen molar-refractivity contribution in [1.82, 2.24) is 9.55 Å². The predicted molar refractivity (Wildman–Crippen MR) is 52.7 cm³/mol. The first kappa shape index (κ1) is 7.86. The van der Waals surface area contributed by atoms with Gasteiger partial charge in [-0.2, -0.15) is 0 Å². The van der Waals surface area contributed by atoms with Gasteiger partial charge in [0.15, 0.2) is 0 Å². The molecule has 0 radical (unpaired) electrons. The lowest BCUT2D eigenvalue weighted by Gasteiger charge is -2.04. The minimum atomic E-state index is 0.779. The van der Waals surface area contributed by atoms with Crippen LogP contribution in [0.5, 0.6) is 0 Å². The molecule has 1 aromatic heterocycles. The summed E-state index contributed by atoms with van der Waals surface area (Å²) in [7, 11) is 0. The van der Waals surface area contributed by atoms with Crippen molar-refractivity contribution in [1.29, 1.82) is 0 Å². The van der Waals surface area contributed by atoms with E-state index in [1.54, 1.807) is 6.20 Å². The highest BCUT2D eigenvalue weighted by Crippen LogP contribution is 2.11. The van der Waals surface area contributed by atoms with Crippen molar-refractivity contribution < 1.29 is 0 Å². The molecule has 0 aliphatic rings. The molecule has 66 valence electrons. The van der Waals surface area contributed by atoms with Gasteiger partial charge in [-0.15, -0.1) is 0 Å². The third-order valence-electron chi connectivity index (χ3n) is 2.00. The lowest BCUT2D eigenvalue weighted by atomic mass is 10.3. The molecule has 0 unspecified atom stereocenters. The topological polar surface area (TPSA) is 43.8 Å². The molecule has 13 heavy (non-hydrogen) atoms. The van der Waals surface area contributed by atoms with E-state index >= 15 is 0 Å². The van der Waals surface area contributed by atoms with Crippen LogP contribution in [0.15, 0.2) is 36.7 Å². The highest BCUT2D eigenvalue weighted by molar-refractivity contribution is 5.45. The molecule has 0 aliphatic heterocycles. The minimum Gasteiger partial charge on any atom is -0.399 e. The van der Waals surface area contributed by atoms with Crippen LogP contribution in [0.1, 0.15) is 5.82 Å². The van der Waals surface area contributed by atoms with Gasteiger partial charge in [0.05, 0.1) is 0 Å². The molecular weight excluding hydrogens is 162 g/mol. The number of nitrogens with two attached hydrogens (primary N) is 1. The highest BCUT2D eigenvalue weighted by Gasteiger charge is 1.98. The van der Waals surface area contributed by atoms with E-state index in [1.165, 1.54) is 0 Å². The zero-order chi connectivity index (χ0) is 9.26. The first-order chi connectivity index (χ1) is 6.27. The second-order valence-electron chi connectivity index (χ2n) is 2.94. The number of benzene rings is 1. The summed E-state index contributed by atoms with van der Waals surface area (Å²) in [4.78, 5) is 4.15. The second-order valence-corrected chi connectivity index (χ2v) is 2.94. The number of aromatic nitrogens is 2. The molecule has 0 saturated carbocycles. The van der Waals surface area contributed by atoms with Crippen LogP contribution in [0.4, 0.5) is 5.69 Å². The van der Waals surface area contributed by atoms with E-state index in [0.717, 1.165) is 17.2 Å². The summed E-state index contributed by atoms with van der Waals surface area (Å²) in [5.74, 6) is 0.977. The molecule has 0 saturated heterocycles. The lowest BCUT2D eigenvalue weighted by molar-refractivity contribution is 0.975. The average Bonchev–Trinajstić information content (AvgIpc) is 2.53. The quantitative estimate of drug-likeness (QED) is 0.668.